The highest BCUT2D eigenvalue weighted by molar-refractivity contribution is 7.13. The quantitative estimate of drug-likeness (QED) is 0.704. The van der Waals surface area contributed by atoms with Gasteiger partial charge in [-0.25, -0.2) is 4.98 Å². The Kier molecular flexibility index (Phi) is 5.53. The molecule has 1 N–H and O–H groups in total. The van der Waals surface area contributed by atoms with E-state index in [-0.39, 0.29) is 11.9 Å². The molecule has 0 unspecified atom stereocenters. The van der Waals surface area contributed by atoms with Gasteiger partial charge < -0.3 is 14.8 Å². The number of aromatic nitrogens is 1. The number of ether oxygens (including phenoxy) is 2. The zero-order chi connectivity index (χ0) is 18.5. The van der Waals surface area contributed by atoms with Gasteiger partial charge in [0.1, 0.15) is 22.2 Å². The van der Waals surface area contributed by atoms with Crippen LogP contribution in [0.4, 0.5) is 0 Å². The van der Waals surface area contributed by atoms with Gasteiger partial charge in [0.15, 0.2) is 0 Å². The van der Waals surface area contributed by atoms with Crippen molar-refractivity contribution in [1.29, 1.82) is 0 Å². The van der Waals surface area contributed by atoms with Crippen molar-refractivity contribution in [2.75, 3.05) is 14.2 Å². The molecule has 3 rings (SSSR count). The summed E-state index contributed by atoms with van der Waals surface area (Å²) in [5, 5.41) is 5.54. The fourth-order valence-corrected chi connectivity index (χ4v) is 3.42. The van der Waals surface area contributed by atoms with Crippen molar-refractivity contribution >= 4 is 17.2 Å². The molecule has 134 valence electrons. The minimum atomic E-state index is -0.209. The Balaban J connectivity index is 1.73. The van der Waals surface area contributed by atoms with Gasteiger partial charge in [0.2, 0.25) is 0 Å². The summed E-state index contributed by atoms with van der Waals surface area (Å²) in [6.45, 7) is 1.92. The van der Waals surface area contributed by atoms with Gasteiger partial charge in [-0.05, 0) is 37.3 Å². The number of rotatable bonds is 6. The van der Waals surface area contributed by atoms with E-state index in [0.717, 1.165) is 27.6 Å². The van der Waals surface area contributed by atoms with Crippen molar-refractivity contribution in [1.82, 2.24) is 10.3 Å². The van der Waals surface area contributed by atoms with Gasteiger partial charge in [-0.2, -0.15) is 0 Å². The first-order chi connectivity index (χ1) is 12.6. The first-order valence-corrected chi connectivity index (χ1v) is 9.04. The molecule has 0 radical (unpaired) electrons. The lowest BCUT2D eigenvalue weighted by Gasteiger charge is -2.16. The SMILES string of the molecule is COc1ccc(-c2nc(C(=O)N[C@H](C)c3ccccc3OC)cs2)cc1. The van der Waals surface area contributed by atoms with Crippen molar-refractivity contribution in [3.63, 3.8) is 0 Å². The average Bonchev–Trinajstić information content (AvgIpc) is 3.18. The smallest absolute Gasteiger partial charge is 0.271 e. The number of benzene rings is 2. The van der Waals surface area contributed by atoms with Crippen molar-refractivity contribution in [2.45, 2.75) is 13.0 Å². The molecule has 1 amide bonds. The van der Waals surface area contributed by atoms with Crippen molar-refractivity contribution in [3.05, 3.63) is 65.2 Å². The summed E-state index contributed by atoms with van der Waals surface area (Å²) < 4.78 is 10.5. The van der Waals surface area contributed by atoms with Crippen LogP contribution in [0.25, 0.3) is 10.6 Å². The van der Waals surface area contributed by atoms with Gasteiger partial charge in [-0.15, -0.1) is 11.3 Å². The molecule has 0 saturated carbocycles. The third kappa shape index (κ3) is 3.86. The third-order valence-electron chi connectivity index (χ3n) is 4.03. The van der Waals surface area contributed by atoms with E-state index in [0.29, 0.717) is 5.69 Å². The maximum atomic E-state index is 12.5. The fourth-order valence-electron chi connectivity index (χ4n) is 2.62. The van der Waals surface area contributed by atoms with Crippen LogP contribution in [-0.4, -0.2) is 25.1 Å². The summed E-state index contributed by atoms with van der Waals surface area (Å²) in [4.78, 5) is 17.0. The molecule has 0 fully saturated rings. The van der Waals surface area contributed by atoms with E-state index in [2.05, 4.69) is 10.3 Å². The van der Waals surface area contributed by atoms with E-state index in [4.69, 9.17) is 9.47 Å². The number of nitrogens with zero attached hydrogens (tertiary/aromatic N) is 1. The van der Waals surface area contributed by atoms with Crippen LogP contribution in [0.15, 0.2) is 53.9 Å². The molecule has 0 bridgehead atoms. The molecule has 3 aromatic rings. The van der Waals surface area contributed by atoms with E-state index in [1.54, 1.807) is 19.6 Å². The molecule has 0 aliphatic heterocycles. The number of amides is 1. The topological polar surface area (TPSA) is 60.5 Å². The molecule has 0 saturated heterocycles. The number of nitrogens with one attached hydrogen (secondary N) is 1. The lowest BCUT2D eigenvalue weighted by Crippen LogP contribution is -2.27. The Morgan fingerprint density at radius 2 is 1.81 bits per heavy atom. The van der Waals surface area contributed by atoms with E-state index < -0.39 is 0 Å². The van der Waals surface area contributed by atoms with Crippen LogP contribution in [0.2, 0.25) is 0 Å². The Morgan fingerprint density at radius 1 is 1.08 bits per heavy atom. The third-order valence-corrected chi connectivity index (χ3v) is 4.92. The Bertz CT molecular complexity index is 890. The first kappa shape index (κ1) is 17.9. The minimum Gasteiger partial charge on any atom is -0.497 e. The first-order valence-electron chi connectivity index (χ1n) is 8.16. The standard InChI is InChI=1S/C20H20N2O3S/c1-13(16-6-4-5-7-18(16)25-3)21-19(23)17-12-26-20(22-17)14-8-10-15(24-2)11-9-14/h4-13H,1-3H3,(H,21,23)/t13-/m1/s1. The molecule has 5 nitrogen and oxygen atoms in total. The zero-order valence-corrected chi connectivity index (χ0v) is 15.7. The summed E-state index contributed by atoms with van der Waals surface area (Å²) in [5.41, 5.74) is 2.28. The predicted molar refractivity (Wildman–Crippen MR) is 103 cm³/mol. The molecule has 6 heteroatoms. The molecular weight excluding hydrogens is 348 g/mol. The van der Waals surface area contributed by atoms with E-state index >= 15 is 0 Å². The summed E-state index contributed by atoms with van der Waals surface area (Å²) in [7, 11) is 3.25. The number of carbonyl (C=O) groups excluding carboxylic acids is 1. The summed E-state index contributed by atoms with van der Waals surface area (Å²) >= 11 is 1.44. The largest absolute Gasteiger partial charge is 0.497 e. The molecule has 1 aromatic heterocycles. The summed E-state index contributed by atoms with van der Waals surface area (Å²) in [6, 6.07) is 15.1. The number of hydrogen-bond donors (Lipinski definition) is 1. The molecular formula is C20H20N2O3S. The van der Waals surface area contributed by atoms with Gasteiger partial charge in [-0.3, -0.25) is 4.79 Å². The van der Waals surface area contributed by atoms with E-state index in [1.807, 2.05) is 55.5 Å². The second-order valence-electron chi connectivity index (χ2n) is 5.70. The highest BCUT2D eigenvalue weighted by Gasteiger charge is 2.17. The maximum absolute atomic E-state index is 12.5. The lowest BCUT2D eigenvalue weighted by atomic mass is 10.1. The van der Waals surface area contributed by atoms with Gasteiger partial charge in [0.05, 0.1) is 20.3 Å². The van der Waals surface area contributed by atoms with Crippen LogP contribution in [0, 0.1) is 0 Å². The van der Waals surface area contributed by atoms with Crippen molar-refractivity contribution in [2.24, 2.45) is 0 Å². The highest BCUT2D eigenvalue weighted by Crippen LogP contribution is 2.27. The monoisotopic (exact) mass is 368 g/mol. The molecule has 1 atom stereocenters. The lowest BCUT2D eigenvalue weighted by molar-refractivity contribution is 0.0935. The zero-order valence-electron chi connectivity index (χ0n) is 14.9. The second-order valence-corrected chi connectivity index (χ2v) is 6.56. The average molecular weight is 368 g/mol. The summed E-state index contributed by atoms with van der Waals surface area (Å²) in [6.07, 6.45) is 0. The molecule has 0 aliphatic carbocycles. The van der Waals surface area contributed by atoms with Crippen LogP contribution in [0.3, 0.4) is 0 Å². The summed E-state index contributed by atoms with van der Waals surface area (Å²) in [5.74, 6) is 1.32. The number of methoxy groups -OCH3 is 2. The number of para-hydroxylation sites is 1. The Labute approximate surface area is 156 Å². The molecule has 0 aliphatic rings. The van der Waals surface area contributed by atoms with Crippen LogP contribution in [-0.2, 0) is 0 Å². The molecule has 2 aromatic carbocycles. The number of thiazole rings is 1. The van der Waals surface area contributed by atoms with Crippen molar-refractivity contribution in [3.8, 4) is 22.1 Å². The molecule has 26 heavy (non-hydrogen) atoms. The number of hydrogen-bond acceptors (Lipinski definition) is 5. The van der Waals surface area contributed by atoms with Crippen LogP contribution >= 0.6 is 11.3 Å². The van der Waals surface area contributed by atoms with Gasteiger partial charge >= 0.3 is 0 Å². The minimum absolute atomic E-state index is 0.190. The van der Waals surface area contributed by atoms with Gasteiger partial charge in [0, 0.05) is 16.5 Å². The molecule has 1 heterocycles. The number of carbonyl (C=O) groups is 1. The fraction of sp³-hybridized carbons (Fsp3) is 0.200. The normalized spacial score (nSPS) is 11.7. The highest BCUT2D eigenvalue weighted by atomic mass is 32.1. The van der Waals surface area contributed by atoms with Gasteiger partial charge in [0.25, 0.3) is 5.91 Å². The van der Waals surface area contributed by atoms with Crippen molar-refractivity contribution < 1.29 is 14.3 Å². The van der Waals surface area contributed by atoms with Gasteiger partial charge in [-0.1, -0.05) is 18.2 Å². The van der Waals surface area contributed by atoms with E-state index in [9.17, 15) is 4.79 Å². The van der Waals surface area contributed by atoms with Crippen LogP contribution in [0.5, 0.6) is 11.5 Å². The van der Waals surface area contributed by atoms with Crippen LogP contribution < -0.4 is 14.8 Å². The Hall–Kier alpha value is -2.86. The van der Waals surface area contributed by atoms with E-state index in [1.165, 1.54) is 11.3 Å². The Morgan fingerprint density at radius 3 is 2.50 bits per heavy atom. The predicted octanol–water partition coefficient (Wildman–Crippen LogP) is 4.32. The maximum Gasteiger partial charge on any atom is 0.271 e. The van der Waals surface area contributed by atoms with Crippen LogP contribution in [0.1, 0.15) is 29.0 Å². The molecule has 0 spiro atoms. The second kappa shape index (κ2) is 8.01.